The van der Waals surface area contributed by atoms with Crippen molar-refractivity contribution in [2.75, 3.05) is 5.32 Å². The van der Waals surface area contributed by atoms with Gasteiger partial charge in [-0.1, -0.05) is 31.5 Å². The Bertz CT molecular complexity index is 840. The zero-order valence-corrected chi connectivity index (χ0v) is 14.8. The first kappa shape index (κ1) is 18.4. The molecule has 2 amide bonds. The molecule has 0 spiro atoms. The van der Waals surface area contributed by atoms with E-state index in [1.165, 1.54) is 12.3 Å². The molecule has 1 aromatic carbocycles. The highest BCUT2D eigenvalue weighted by molar-refractivity contribution is 6.01. The van der Waals surface area contributed by atoms with E-state index in [1.807, 2.05) is 26.8 Å². The van der Waals surface area contributed by atoms with Crippen LogP contribution in [-0.2, 0) is 4.79 Å². The van der Waals surface area contributed by atoms with E-state index in [-0.39, 0.29) is 23.3 Å². The highest BCUT2D eigenvalue weighted by atomic mass is 16.2. The number of nitrogens with one attached hydrogen (secondary N) is 3. The highest BCUT2D eigenvalue weighted by Crippen LogP contribution is 2.13. The third-order valence-corrected chi connectivity index (χ3v) is 3.91. The summed E-state index contributed by atoms with van der Waals surface area (Å²) in [7, 11) is 0. The molecule has 0 aliphatic rings. The Labute approximate surface area is 146 Å². The molecule has 0 saturated heterocycles. The predicted octanol–water partition coefficient (Wildman–Crippen LogP) is 2.38. The molecule has 0 aliphatic carbocycles. The monoisotopic (exact) mass is 341 g/mol. The van der Waals surface area contributed by atoms with Gasteiger partial charge in [0.25, 0.3) is 5.91 Å². The molecule has 6 heteroatoms. The Morgan fingerprint density at radius 3 is 2.44 bits per heavy atom. The third kappa shape index (κ3) is 4.79. The molecule has 2 aromatic rings. The van der Waals surface area contributed by atoms with Gasteiger partial charge in [-0.25, -0.2) is 0 Å². The lowest BCUT2D eigenvalue weighted by Gasteiger charge is -2.22. The first-order valence-electron chi connectivity index (χ1n) is 8.15. The summed E-state index contributed by atoms with van der Waals surface area (Å²) in [5.41, 5.74) is 2.43. The molecular formula is C19H23N3O3. The molecule has 25 heavy (non-hydrogen) atoms. The summed E-state index contributed by atoms with van der Waals surface area (Å²) in [6, 6.07) is 7.91. The molecule has 0 saturated carbocycles. The minimum atomic E-state index is -0.695. The maximum Gasteiger partial charge on any atom is 0.251 e. The number of carbonyl (C=O) groups is 2. The number of rotatable bonds is 5. The zero-order valence-electron chi connectivity index (χ0n) is 14.8. The van der Waals surface area contributed by atoms with Crippen molar-refractivity contribution in [2.24, 2.45) is 5.92 Å². The van der Waals surface area contributed by atoms with Crippen LogP contribution >= 0.6 is 0 Å². The highest BCUT2D eigenvalue weighted by Gasteiger charge is 2.25. The van der Waals surface area contributed by atoms with E-state index in [2.05, 4.69) is 15.6 Å². The maximum absolute atomic E-state index is 12.6. The first-order chi connectivity index (χ1) is 11.8. The van der Waals surface area contributed by atoms with E-state index in [0.29, 0.717) is 16.8 Å². The van der Waals surface area contributed by atoms with Crippen molar-refractivity contribution in [2.45, 2.75) is 33.7 Å². The van der Waals surface area contributed by atoms with E-state index in [1.54, 1.807) is 25.1 Å². The van der Waals surface area contributed by atoms with Crippen molar-refractivity contribution in [1.82, 2.24) is 10.3 Å². The van der Waals surface area contributed by atoms with Crippen LogP contribution in [0.4, 0.5) is 5.69 Å². The van der Waals surface area contributed by atoms with Crippen LogP contribution in [0.5, 0.6) is 0 Å². The summed E-state index contributed by atoms with van der Waals surface area (Å²) in [5, 5.41) is 5.55. The molecule has 0 fully saturated rings. The lowest BCUT2D eigenvalue weighted by atomic mass is 10.0. The molecule has 132 valence electrons. The molecule has 0 radical (unpaired) electrons. The van der Waals surface area contributed by atoms with E-state index >= 15 is 0 Å². The molecule has 3 N–H and O–H groups in total. The smallest absolute Gasteiger partial charge is 0.251 e. The molecule has 1 heterocycles. The van der Waals surface area contributed by atoms with Gasteiger partial charge in [0.2, 0.25) is 11.5 Å². The Balaban J connectivity index is 2.15. The van der Waals surface area contributed by atoms with Crippen LogP contribution in [-0.4, -0.2) is 22.8 Å². The Hall–Kier alpha value is -2.89. The van der Waals surface area contributed by atoms with Crippen LogP contribution < -0.4 is 16.2 Å². The quantitative estimate of drug-likeness (QED) is 0.780. The number of anilines is 1. The number of aromatic amines is 1. The SMILES string of the molecule is Cc1cccc(C(=O)NC(C(=O)Nc2c[nH]c(=O)cc2C)C(C)C)c1. The second kappa shape index (κ2) is 7.79. The number of hydrogen-bond acceptors (Lipinski definition) is 3. The number of aromatic nitrogens is 1. The summed E-state index contributed by atoms with van der Waals surface area (Å²) in [5.74, 6) is -0.723. The predicted molar refractivity (Wildman–Crippen MR) is 97.7 cm³/mol. The molecule has 0 bridgehead atoms. The lowest BCUT2D eigenvalue weighted by molar-refractivity contribution is -0.118. The van der Waals surface area contributed by atoms with Crippen LogP contribution in [0.2, 0.25) is 0 Å². The largest absolute Gasteiger partial charge is 0.340 e. The molecule has 6 nitrogen and oxygen atoms in total. The number of amides is 2. The van der Waals surface area contributed by atoms with Crippen molar-refractivity contribution in [1.29, 1.82) is 0 Å². The number of hydrogen-bond donors (Lipinski definition) is 3. The van der Waals surface area contributed by atoms with Crippen molar-refractivity contribution in [3.8, 4) is 0 Å². The molecule has 1 unspecified atom stereocenters. The van der Waals surface area contributed by atoms with Gasteiger partial charge in [-0.3, -0.25) is 14.4 Å². The summed E-state index contributed by atoms with van der Waals surface area (Å²) in [6.45, 7) is 7.36. The average molecular weight is 341 g/mol. The van der Waals surface area contributed by atoms with E-state index in [9.17, 15) is 14.4 Å². The first-order valence-corrected chi connectivity index (χ1v) is 8.15. The molecular weight excluding hydrogens is 318 g/mol. The summed E-state index contributed by atoms with van der Waals surface area (Å²) in [4.78, 5) is 38.9. The van der Waals surface area contributed by atoms with Crippen LogP contribution in [0.1, 0.15) is 35.3 Å². The van der Waals surface area contributed by atoms with E-state index in [0.717, 1.165) is 5.56 Å². The molecule has 1 aromatic heterocycles. The van der Waals surface area contributed by atoms with Crippen molar-refractivity contribution in [3.63, 3.8) is 0 Å². The lowest BCUT2D eigenvalue weighted by Crippen LogP contribution is -2.47. The third-order valence-electron chi connectivity index (χ3n) is 3.91. The van der Waals surface area contributed by atoms with Crippen molar-refractivity contribution >= 4 is 17.5 Å². The fourth-order valence-corrected chi connectivity index (χ4v) is 2.46. The fourth-order valence-electron chi connectivity index (χ4n) is 2.46. The standard InChI is InChI=1S/C19H23N3O3/c1-11(2)17(22-18(24)14-7-5-6-12(3)8-14)19(25)21-15-10-20-16(23)9-13(15)4/h5-11,17H,1-4H3,(H,20,23)(H,21,25)(H,22,24). The van der Waals surface area contributed by atoms with Crippen LogP contribution in [0, 0.1) is 19.8 Å². The molecule has 2 rings (SSSR count). The number of H-pyrrole nitrogens is 1. The van der Waals surface area contributed by atoms with Gasteiger partial charge in [-0.2, -0.15) is 0 Å². The Morgan fingerprint density at radius 2 is 1.84 bits per heavy atom. The maximum atomic E-state index is 12.6. The topological polar surface area (TPSA) is 91.1 Å². The van der Waals surface area contributed by atoms with Crippen LogP contribution in [0.3, 0.4) is 0 Å². The second-order valence-corrected chi connectivity index (χ2v) is 6.45. The number of carbonyl (C=O) groups excluding carboxylic acids is 2. The van der Waals surface area contributed by atoms with Gasteiger partial charge >= 0.3 is 0 Å². The van der Waals surface area contributed by atoms with Gasteiger partial charge in [-0.15, -0.1) is 0 Å². The van der Waals surface area contributed by atoms with Gasteiger partial charge < -0.3 is 15.6 Å². The molecule has 1 atom stereocenters. The minimum Gasteiger partial charge on any atom is -0.340 e. The van der Waals surface area contributed by atoms with E-state index in [4.69, 9.17) is 0 Å². The number of benzene rings is 1. The number of aryl methyl sites for hydroxylation is 2. The van der Waals surface area contributed by atoms with Gasteiger partial charge in [0.15, 0.2) is 0 Å². The zero-order chi connectivity index (χ0) is 18.6. The van der Waals surface area contributed by atoms with Gasteiger partial charge in [-0.05, 0) is 37.5 Å². The fraction of sp³-hybridized carbons (Fsp3) is 0.316. The Morgan fingerprint density at radius 1 is 1.12 bits per heavy atom. The van der Waals surface area contributed by atoms with Gasteiger partial charge in [0, 0.05) is 17.8 Å². The van der Waals surface area contributed by atoms with Crippen molar-refractivity contribution < 1.29 is 9.59 Å². The summed E-state index contributed by atoms with van der Waals surface area (Å²) >= 11 is 0. The van der Waals surface area contributed by atoms with Gasteiger partial charge in [0.05, 0.1) is 5.69 Å². The summed E-state index contributed by atoms with van der Waals surface area (Å²) in [6.07, 6.45) is 1.45. The van der Waals surface area contributed by atoms with Gasteiger partial charge in [0.1, 0.15) is 6.04 Å². The average Bonchev–Trinajstić information content (AvgIpc) is 2.54. The normalized spacial score (nSPS) is 11.9. The number of pyridine rings is 1. The van der Waals surface area contributed by atoms with E-state index < -0.39 is 6.04 Å². The Kier molecular flexibility index (Phi) is 5.75. The van der Waals surface area contributed by atoms with Crippen molar-refractivity contribution in [3.05, 3.63) is 63.6 Å². The minimum absolute atomic E-state index is 0.100. The molecule has 0 aliphatic heterocycles. The summed E-state index contributed by atoms with van der Waals surface area (Å²) < 4.78 is 0. The van der Waals surface area contributed by atoms with Crippen LogP contribution in [0.15, 0.2) is 41.3 Å². The second-order valence-electron chi connectivity index (χ2n) is 6.45. The van der Waals surface area contributed by atoms with Crippen LogP contribution in [0.25, 0.3) is 0 Å².